The normalized spacial score (nSPS) is 24.0. The molecule has 0 aromatic rings. The minimum Gasteiger partial charge on any atom is -0.379 e. The first kappa shape index (κ1) is 21.4. The largest absolute Gasteiger partial charge is 0.379 e. The summed E-state index contributed by atoms with van der Waals surface area (Å²) in [7, 11) is 1.83. The maximum absolute atomic E-state index is 5.78. The lowest BCUT2D eigenvalue weighted by atomic mass is 10.1. The van der Waals surface area contributed by atoms with Gasteiger partial charge in [-0.2, -0.15) is 0 Å². The van der Waals surface area contributed by atoms with Gasteiger partial charge < -0.3 is 29.9 Å². The summed E-state index contributed by atoms with van der Waals surface area (Å²) in [4.78, 5) is 9.42. The Hall–Kier alpha value is -0.890. The summed E-state index contributed by atoms with van der Waals surface area (Å²) in [6.07, 6.45) is 2.31. The minimum absolute atomic E-state index is 0.299. The SMILES string of the molecule is CCN1CCN(CC(C)CNC(=NC)NCCCOC2CCOC2)CC1. The van der Waals surface area contributed by atoms with Crippen LogP contribution in [-0.4, -0.2) is 101 Å². The molecule has 0 saturated carbocycles. The molecule has 0 bridgehead atoms. The number of piperazine rings is 1. The van der Waals surface area contributed by atoms with Gasteiger partial charge in [-0.1, -0.05) is 13.8 Å². The Bertz CT molecular complexity index is 393. The standard InChI is InChI=1S/C19H39N5O2/c1-4-23-8-10-24(11-9-23)15-17(2)14-22-19(20-3)21-7-5-12-26-18-6-13-25-16-18/h17-18H,4-16H2,1-3H3,(H2,20,21,22). The second-order valence-electron chi connectivity index (χ2n) is 7.43. The number of aliphatic imine (C=N–C) groups is 1. The smallest absolute Gasteiger partial charge is 0.190 e. The van der Waals surface area contributed by atoms with Crippen LogP contribution in [0.25, 0.3) is 0 Å². The summed E-state index contributed by atoms with van der Waals surface area (Å²) >= 11 is 0. The molecule has 2 unspecified atom stereocenters. The van der Waals surface area contributed by atoms with Gasteiger partial charge in [-0.25, -0.2) is 0 Å². The van der Waals surface area contributed by atoms with E-state index < -0.39 is 0 Å². The molecule has 2 saturated heterocycles. The van der Waals surface area contributed by atoms with Crippen molar-refractivity contribution in [2.45, 2.75) is 32.8 Å². The summed E-state index contributed by atoms with van der Waals surface area (Å²) in [6, 6.07) is 0. The molecule has 0 radical (unpaired) electrons. The lowest BCUT2D eigenvalue weighted by Gasteiger charge is -2.35. The number of hydrogen-bond donors (Lipinski definition) is 2. The van der Waals surface area contributed by atoms with Crippen molar-refractivity contribution in [3.05, 3.63) is 0 Å². The molecule has 0 amide bonds. The van der Waals surface area contributed by atoms with E-state index in [2.05, 4.69) is 39.3 Å². The fourth-order valence-electron chi connectivity index (χ4n) is 3.46. The van der Waals surface area contributed by atoms with Gasteiger partial charge in [-0.05, 0) is 25.3 Å². The van der Waals surface area contributed by atoms with E-state index in [1.54, 1.807) is 0 Å². The summed E-state index contributed by atoms with van der Waals surface area (Å²) in [5.74, 6) is 1.49. The van der Waals surface area contributed by atoms with Crippen LogP contribution in [0.5, 0.6) is 0 Å². The first-order valence-electron chi connectivity index (χ1n) is 10.3. The van der Waals surface area contributed by atoms with Gasteiger partial charge >= 0.3 is 0 Å². The molecule has 2 aliphatic rings. The highest BCUT2D eigenvalue weighted by molar-refractivity contribution is 5.79. The Kier molecular flexibility index (Phi) is 10.3. The van der Waals surface area contributed by atoms with Crippen LogP contribution in [0.15, 0.2) is 4.99 Å². The van der Waals surface area contributed by atoms with Crippen LogP contribution in [0, 0.1) is 5.92 Å². The van der Waals surface area contributed by atoms with Gasteiger partial charge in [0.2, 0.25) is 0 Å². The minimum atomic E-state index is 0.299. The molecule has 2 rings (SSSR count). The molecule has 0 aromatic carbocycles. The van der Waals surface area contributed by atoms with Crippen LogP contribution in [0.2, 0.25) is 0 Å². The van der Waals surface area contributed by atoms with Gasteiger partial charge in [0.15, 0.2) is 5.96 Å². The van der Waals surface area contributed by atoms with Crippen LogP contribution >= 0.6 is 0 Å². The van der Waals surface area contributed by atoms with E-state index in [0.717, 1.165) is 58.3 Å². The van der Waals surface area contributed by atoms with E-state index in [-0.39, 0.29) is 0 Å². The van der Waals surface area contributed by atoms with Crippen molar-refractivity contribution in [2.75, 3.05) is 79.2 Å². The highest BCUT2D eigenvalue weighted by Gasteiger charge is 2.17. The highest BCUT2D eigenvalue weighted by atomic mass is 16.5. The Labute approximate surface area is 159 Å². The van der Waals surface area contributed by atoms with E-state index in [0.29, 0.717) is 12.0 Å². The molecule has 0 aliphatic carbocycles. The molecule has 26 heavy (non-hydrogen) atoms. The zero-order valence-corrected chi connectivity index (χ0v) is 17.0. The summed E-state index contributed by atoms with van der Waals surface area (Å²) < 4.78 is 11.1. The maximum atomic E-state index is 5.78. The van der Waals surface area contributed by atoms with Crippen molar-refractivity contribution in [1.82, 2.24) is 20.4 Å². The van der Waals surface area contributed by atoms with Gasteiger partial charge in [0, 0.05) is 66.1 Å². The molecular weight excluding hydrogens is 330 g/mol. The van der Waals surface area contributed by atoms with Crippen molar-refractivity contribution in [2.24, 2.45) is 10.9 Å². The van der Waals surface area contributed by atoms with Crippen LogP contribution in [0.3, 0.4) is 0 Å². The summed E-state index contributed by atoms with van der Waals surface area (Å²) in [5.41, 5.74) is 0. The van der Waals surface area contributed by atoms with Gasteiger partial charge in [-0.15, -0.1) is 0 Å². The van der Waals surface area contributed by atoms with Crippen LogP contribution in [0.1, 0.15) is 26.7 Å². The van der Waals surface area contributed by atoms with Gasteiger partial charge in [0.1, 0.15) is 0 Å². The molecule has 0 aromatic heterocycles. The fraction of sp³-hybridized carbons (Fsp3) is 0.947. The number of hydrogen-bond acceptors (Lipinski definition) is 5. The maximum Gasteiger partial charge on any atom is 0.190 e. The van der Waals surface area contributed by atoms with E-state index >= 15 is 0 Å². The molecule has 2 N–H and O–H groups in total. The quantitative estimate of drug-likeness (QED) is 0.334. The highest BCUT2D eigenvalue weighted by Crippen LogP contribution is 2.08. The van der Waals surface area contributed by atoms with Crippen LogP contribution in [0.4, 0.5) is 0 Å². The number of likely N-dealkylation sites (N-methyl/N-ethyl adjacent to an activating group) is 1. The van der Waals surface area contributed by atoms with Gasteiger partial charge in [-0.3, -0.25) is 4.99 Å². The average molecular weight is 370 g/mol. The first-order valence-corrected chi connectivity index (χ1v) is 10.3. The summed E-state index contributed by atoms with van der Waals surface area (Å²) in [6.45, 7) is 15.9. The second kappa shape index (κ2) is 12.5. The molecule has 2 heterocycles. The van der Waals surface area contributed by atoms with Gasteiger partial charge in [0.25, 0.3) is 0 Å². The zero-order chi connectivity index (χ0) is 18.6. The van der Waals surface area contributed by atoms with Crippen LogP contribution < -0.4 is 10.6 Å². The molecule has 0 spiro atoms. The predicted octanol–water partition coefficient (Wildman–Crippen LogP) is 0.621. The van der Waals surface area contributed by atoms with Crippen molar-refractivity contribution in [3.63, 3.8) is 0 Å². The molecule has 2 aliphatic heterocycles. The monoisotopic (exact) mass is 369 g/mol. The van der Waals surface area contributed by atoms with Gasteiger partial charge in [0.05, 0.1) is 12.7 Å². The lowest BCUT2D eigenvalue weighted by molar-refractivity contribution is 0.0420. The van der Waals surface area contributed by atoms with E-state index in [4.69, 9.17) is 9.47 Å². The second-order valence-corrected chi connectivity index (χ2v) is 7.43. The number of ether oxygens (including phenoxy) is 2. The molecule has 2 atom stereocenters. The molecule has 2 fully saturated rings. The van der Waals surface area contributed by atoms with E-state index in [1.165, 1.54) is 32.7 Å². The molecule has 7 nitrogen and oxygen atoms in total. The third-order valence-electron chi connectivity index (χ3n) is 5.18. The van der Waals surface area contributed by atoms with Crippen molar-refractivity contribution < 1.29 is 9.47 Å². The number of rotatable bonds is 10. The van der Waals surface area contributed by atoms with Crippen molar-refractivity contribution >= 4 is 5.96 Å². The zero-order valence-electron chi connectivity index (χ0n) is 17.0. The number of guanidine groups is 1. The molecule has 7 heteroatoms. The third-order valence-corrected chi connectivity index (χ3v) is 5.18. The Morgan fingerprint density at radius 2 is 2.00 bits per heavy atom. The predicted molar refractivity (Wildman–Crippen MR) is 107 cm³/mol. The van der Waals surface area contributed by atoms with Crippen LogP contribution in [-0.2, 0) is 9.47 Å². The third kappa shape index (κ3) is 8.20. The first-order chi connectivity index (χ1) is 12.7. The average Bonchev–Trinajstić information content (AvgIpc) is 3.18. The summed E-state index contributed by atoms with van der Waals surface area (Å²) in [5, 5.41) is 6.83. The van der Waals surface area contributed by atoms with E-state index in [1.807, 2.05) is 7.05 Å². The van der Waals surface area contributed by atoms with Crippen molar-refractivity contribution in [3.8, 4) is 0 Å². The Balaban J connectivity index is 1.50. The Morgan fingerprint density at radius 1 is 1.23 bits per heavy atom. The molecular formula is C19H39N5O2. The topological polar surface area (TPSA) is 61.4 Å². The fourth-order valence-corrected chi connectivity index (χ4v) is 3.46. The lowest BCUT2D eigenvalue weighted by Crippen LogP contribution is -2.48. The van der Waals surface area contributed by atoms with E-state index in [9.17, 15) is 0 Å². The number of nitrogens with one attached hydrogen (secondary N) is 2. The number of nitrogens with zero attached hydrogens (tertiary/aromatic N) is 3. The van der Waals surface area contributed by atoms with Crippen molar-refractivity contribution in [1.29, 1.82) is 0 Å². The Morgan fingerprint density at radius 3 is 2.65 bits per heavy atom. The molecule has 152 valence electrons.